The quantitative estimate of drug-likeness (QED) is 0.714. The molecule has 1 heterocycles. The van der Waals surface area contributed by atoms with Gasteiger partial charge in [0.15, 0.2) is 0 Å². The van der Waals surface area contributed by atoms with Crippen molar-refractivity contribution in [2.45, 2.75) is 25.3 Å². The van der Waals surface area contributed by atoms with Crippen LogP contribution in [0.2, 0.25) is 0 Å². The first-order chi connectivity index (χ1) is 6.27. The van der Waals surface area contributed by atoms with E-state index in [9.17, 15) is 4.79 Å². The van der Waals surface area contributed by atoms with Gasteiger partial charge in [0.25, 0.3) is 0 Å². The molecule has 0 amide bonds. The van der Waals surface area contributed by atoms with Crippen molar-refractivity contribution in [2.24, 2.45) is 5.92 Å². The van der Waals surface area contributed by atoms with Gasteiger partial charge in [-0.15, -0.1) is 5.10 Å². The number of tetrazole rings is 1. The molecule has 1 N–H and O–H groups in total. The summed E-state index contributed by atoms with van der Waals surface area (Å²) >= 11 is 0. The van der Waals surface area contributed by atoms with Gasteiger partial charge in [0.1, 0.15) is 6.33 Å². The fraction of sp³-hybridized carbons (Fsp3) is 0.714. The van der Waals surface area contributed by atoms with Gasteiger partial charge in [-0.1, -0.05) is 0 Å². The maximum absolute atomic E-state index is 10.6. The molecule has 0 saturated heterocycles. The Bertz CT molecular complexity index is 293. The van der Waals surface area contributed by atoms with Gasteiger partial charge in [-0.3, -0.25) is 4.79 Å². The molecule has 6 nitrogen and oxygen atoms in total. The summed E-state index contributed by atoms with van der Waals surface area (Å²) < 4.78 is 1.55. The van der Waals surface area contributed by atoms with Gasteiger partial charge in [0.05, 0.1) is 12.5 Å². The molecule has 70 valence electrons. The minimum atomic E-state index is -0.799. The molecular formula is C7H10N4O2. The molecule has 1 aliphatic carbocycles. The second-order valence-electron chi connectivity index (χ2n) is 3.29. The maximum Gasteiger partial charge on any atom is 0.305 e. The fourth-order valence-corrected chi connectivity index (χ4v) is 1.46. The van der Waals surface area contributed by atoms with Crippen LogP contribution in [0, 0.1) is 5.92 Å². The van der Waals surface area contributed by atoms with E-state index in [1.54, 1.807) is 4.68 Å². The molecule has 0 aliphatic heterocycles. The number of nitrogens with zero attached hydrogens (tertiary/aromatic N) is 4. The van der Waals surface area contributed by atoms with Crippen molar-refractivity contribution in [3.8, 4) is 0 Å². The monoisotopic (exact) mass is 182 g/mol. The van der Waals surface area contributed by atoms with E-state index >= 15 is 0 Å². The lowest BCUT2D eigenvalue weighted by Gasteiger charge is -2.11. The third kappa shape index (κ3) is 1.82. The lowest BCUT2D eigenvalue weighted by Crippen LogP contribution is -2.16. The number of hydrogen-bond donors (Lipinski definition) is 1. The van der Waals surface area contributed by atoms with Gasteiger partial charge < -0.3 is 5.11 Å². The van der Waals surface area contributed by atoms with Crippen LogP contribution in [0.25, 0.3) is 0 Å². The zero-order valence-electron chi connectivity index (χ0n) is 7.00. The summed E-state index contributed by atoms with van der Waals surface area (Å²) in [6.45, 7) is 0. The maximum atomic E-state index is 10.6. The first-order valence-corrected chi connectivity index (χ1v) is 4.21. The van der Waals surface area contributed by atoms with Crippen LogP contribution in [0.1, 0.15) is 25.3 Å². The van der Waals surface area contributed by atoms with Crippen molar-refractivity contribution in [3.05, 3.63) is 6.33 Å². The van der Waals surface area contributed by atoms with Crippen LogP contribution in [0.5, 0.6) is 0 Å². The van der Waals surface area contributed by atoms with Crippen LogP contribution in [0.15, 0.2) is 6.33 Å². The van der Waals surface area contributed by atoms with Gasteiger partial charge in [0, 0.05) is 0 Å². The average molecular weight is 182 g/mol. The number of aromatic nitrogens is 4. The largest absolute Gasteiger partial charge is 0.481 e. The molecule has 0 aromatic carbocycles. The standard InChI is InChI=1S/C7H10N4O2/c12-7(13)3-6(5-1-2-5)11-4-8-9-10-11/h4-6H,1-3H2,(H,12,13). The van der Waals surface area contributed by atoms with Crippen LogP contribution < -0.4 is 0 Å². The van der Waals surface area contributed by atoms with E-state index in [0.29, 0.717) is 5.92 Å². The molecule has 1 aromatic heterocycles. The molecule has 1 atom stereocenters. The molecule has 13 heavy (non-hydrogen) atoms. The van der Waals surface area contributed by atoms with Crippen LogP contribution in [0.4, 0.5) is 0 Å². The van der Waals surface area contributed by atoms with E-state index in [1.165, 1.54) is 6.33 Å². The predicted octanol–water partition coefficient (Wildman–Crippen LogP) is 0.0989. The van der Waals surface area contributed by atoms with E-state index in [4.69, 9.17) is 5.11 Å². The zero-order valence-corrected chi connectivity index (χ0v) is 7.00. The van der Waals surface area contributed by atoms with Crippen molar-refractivity contribution in [1.82, 2.24) is 20.2 Å². The second kappa shape index (κ2) is 3.12. The number of carboxylic acids is 1. The van der Waals surface area contributed by atoms with E-state index in [0.717, 1.165) is 12.8 Å². The fourth-order valence-electron chi connectivity index (χ4n) is 1.46. The summed E-state index contributed by atoms with van der Waals surface area (Å²) in [6, 6.07) is -0.0625. The molecule has 6 heteroatoms. The van der Waals surface area contributed by atoms with Crippen LogP contribution in [-0.4, -0.2) is 31.3 Å². The summed E-state index contributed by atoms with van der Waals surface area (Å²) in [6.07, 6.45) is 3.75. The average Bonchev–Trinajstić information content (AvgIpc) is 2.77. The topological polar surface area (TPSA) is 80.9 Å². The summed E-state index contributed by atoms with van der Waals surface area (Å²) in [5.41, 5.74) is 0. The Hall–Kier alpha value is -1.46. The van der Waals surface area contributed by atoms with E-state index in [2.05, 4.69) is 15.5 Å². The van der Waals surface area contributed by atoms with Gasteiger partial charge >= 0.3 is 5.97 Å². The van der Waals surface area contributed by atoms with Gasteiger partial charge in [0.2, 0.25) is 0 Å². The van der Waals surface area contributed by atoms with Gasteiger partial charge in [-0.25, -0.2) is 4.68 Å². The Morgan fingerprint density at radius 3 is 2.92 bits per heavy atom. The highest BCUT2D eigenvalue weighted by Crippen LogP contribution is 2.40. The number of hydrogen-bond acceptors (Lipinski definition) is 4. The lowest BCUT2D eigenvalue weighted by atomic mass is 10.1. The number of rotatable bonds is 4. The van der Waals surface area contributed by atoms with Crippen molar-refractivity contribution >= 4 is 5.97 Å². The van der Waals surface area contributed by atoms with Crippen LogP contribution >= 0.6 is 0 Å². The zero-order chi connectivity index (χ0) is 9.26. The third-order valence-corrected chi connectivity index (χ3v) is 2.25. The molecule has 1 aromatic rings. The molecule has 2 rings (SSSR count). The van der Waals surface area contributed by atoms with Gasteiger partial charge in [-0.2, -0.15) is 0 Å². The predicted molar refractivity (Wildman–Crippen MR) is 41.8 cm³/mol. The summed E-state index contributed by atoms with van der Waals surface area (Å²) in [5.74, 6) is -0.355. The SMILES string of the molecule is O=C(O)CC(C1CC1)n1cnnn1. The number of aliphatic carboxylic acids is 1. The molecule has 0 radical (unpaired) electrons. The first-order valence-electron chi connectivity index (χ1n) is 4.21. The second-order valence-corrected chi connectivity index (χ2v) is 3.29. The Labute approximate surface area is 74.6 Å². The minimum Gasteiger partial charge on any atom is -0.481 e. The molecule has 0 spiro atoms. The summed E-state index contributed by atoms with van der Waals surface area (Å²) in [5, 5.41) is 19.4. The van der Waals surface area contributed by atoms with E-state index in [-0.39, 0.29) is 12.5 Å². The number of carboxylic acid groups (broad SMARTS) is 1. The normalized spacial score (nSPS) is 18.5. The number of carbonyl (C=O) groups is 1. The highest BCUT2D eigenvalue weighted by molar-refractivity contribution is 5.67. The first kappa shape index (κ1) is 8.15. The van der Waals surface area contributed by atoms with E-state index in [1.807, 2.05) is 0 Å². The van der Waals surface area contributed by atoms with Crippen molar-refractivity contribution < 1.29 is 9.90 Å². The van der Waals surface area contributed by atoms with Crippen LogP contribution in [-0.2, 0) is 4.79 Å². The Kier molecular flexibility index (Phi) is 1.96. The van der Waals surface area contributed by atoms with Crippen molar-refractivity contribution in [2.75, 3.05) is 0 Å². The summed E-state index contributed by atoms with van der Waals surface area (Å²) in [7, 11) is 0. The minimum absolute atomic E-state index is 0.0625. The third-order valence-electron chi connectivity index (χ3n) is 2.25. The lowest BCUT2D eigenvalue weighted by molar-refractivity contribution is -0.138. The highest BCUT2D eigenvalue weighted by atomic mass is 16.4. The van der Waals surface area contributed by atoms with Crippen molar-refractivity contribution in [1.29, 1.82) is 0 Å². The molecule has 1 unspecified atom stereocenters. The molecular weight excluding hydrogens is 172 g/mol. The molecule has 0 bridgehead atoms. The van der Waals surface area contributed by atoms with Crippen LogP contribution in [0.3, 0.4) is 0 Å². The molecule has 1 fully saturated rings. The Morgan fingerprint density at radius 1 is 1.69 bits per heavy atom. The Balaban J connectivity index is 2.09. The Morgan fingerprint density at radius 2 is 2.46 bits per heavy atom. The summed E-state index contributed by atoms with van der Waals surface area (Å²) in [4.78, 5) is 10.6. The molecule has 1 aliphatic rings. The van der Waals surface area contributed by atoms with E-state index < -0.39 is 5.97 Å². The molecule has 1 saturated carbocycles. The highest BCUT2D eigenvalue weighted by Gasteiger charge is 2.34. The van der Waals surface area contributed by atoms with Crippen molar-refractivity contribution in [3.63, 3.8) is 0 Å². The smallest absolute Gasteiger partial charge is 0.305 e. The van der Waals surface area contributed by atoms with Gasteiger partial charge in [-0.05, 0) is 29.2 Å².